The van der Waals surface area contributed by atoms with Gasteiger partial charge in [-0.05, 0) is 25.9 Å². The molecular formula is C30H66N4. The highest BCUT2D eigenvalue weighted by molar-refractivity contribution is 4.58. The summed E-state index contributed by atoms with van der Waals surface area (Å²) in [5.74, 6) is 0. The average molecular weight is 483 g/mol. The van der Waals surface area contributed by atoms with Gasteiger partial charge in [0, 0.05) is 39.3 Å². The van der Waals surface area contributed by atoms with Gasteiger partial charge in [0.2, 0.25) is 0 Å². The van der Waals surface area contributed by atoms with Crippen molar-refractivity contribution < 1.29 is 0 Å². The third-order valence-corrected chi connectivity index (χ3v) is 6.85. The molecule has 0 rings (SSSR count). The first-order valence-electron chi connectivity index (χ1n) is 15.7. The van der Waals surface area contributed by atoms with E-state index in [-0.39, 0.29) is 0 Å². The Morgan fingerprint density at radius 2 is 0.441 bits per heavy atom. The van der Waals surface area contributed by atoms with Crippen molar-refractivity contribution in [2.24, 2.45) is 0 Å². The Morgan fingerprint density at radius 3 is 0.706 bits per heavy atom. The highest BCUT2D eigenvalue weighted by Crippen LogP contribution is 2.11. The molecule has 0 aromatic carbocycles. The lowest BCUT2D eigenvalue weighted by Gasteiger charge is -2.09. The number of hydrogen-bond donors (Lipinski definition) is 4. The fourth-order valence-electron chi connectivity index (χ4n) is 4.51. The maximum Gasteiger partial charge on any atom is 0.00772 e. The fourth-order valence-corrected chi connectivity index (χ4v) is 4.51. The van der Waals surface area contributed by atoms with Gasteiger partial charge in [0.15, 0.2) is 0 Å². The molecule has 206 valence electrons. The summed E-state index contributed by atoms with van der Waals surface area (Å²) in [7, 11) is 0. The molecule has 0 spiro atoms. The van der Waals surface area contributed by atoms with Crippen molar-refractivity contribution in [1.29, 1.82) is 0 Å². The Balaban J connectivity index is 2.99. The number of nitrogens with one attached hydrogen (secondary N) is 4. The Bertz CT molecular complexity index is 306. The molecule has 4 N–H and O–H groups in total. The molecular weight excluding hydrogens is 416 g/mol. The van der Waals surface area contributed by atoms with Crippen molar-refractivity contribution in [3.63, 3.8) is 0 Å². The molecule has 34 heavy (non-hydrogen) atoms. The molecule has 0 aromatic heterocycles. The average Bonchev–Trinajstić information content (AvgIpc) is 2.85. The van der Waals surface area contributed by atoms with Crippen molar-refractivity contribution in [3.05, 3.63) is 0 Å². The van der Waals surface area contributed by atoms with Gasteiger partial charge in [-0.1, -0.05) is 129 Å². The standard InChI is InChI=1S/C30H66N4/c1-3-5-7-9-11-13-15-17-19-21-23-31-25-27-33-29-30-34-28-26-32-24-22-20-18-16-14-12-10-8-6-4-2/h31-34H,3-30H2,1-2H3. The van der Waals surface area contributed by atoms with Crippen molar-refractivity contribution in [3.8, 4) is 0 Å². The molecule has 0 bridgehead atoms. The summed E-state index contributed by atoms with van der Waals surface area (Å²) < 4.78 is 0. The molecule has 0 aromatic rings. The van der Waals surface area contributed by atoms with Crippen molar-refractivity contribution in [1.82, 2.24) is 21.3 Å². The van der Waals surface area contributed by atoms with Gasteiger partial charge in [-0.3, -0.25) is 0 Å². The minimum atomic E-state index is 1.07. The van der Waals surface area contributed by atoms with E-state index in [4.69, 9.17) is 0 Å². The van der Waals surface area contributed by atoms with Gasteiger partial charge in [0.25, 0.3) is 0 Å². The van der Waals surface area contributed by atoms with Crippen LogP contribution in [0.4, 0.5) is 0 Å². The predicted octanol–water partition coefficient (Wildman–Crippen LogP) is 7.19. The summed E-state index contributed by atoms with van der Waals surface area (Å²) >= 11 is 0. The molecule has 0 atom stereocenters. The molecule has 4 nitrogen and oxygen atoms in total. The first-order valence-corrected chi connectivity index (χ1v) is 15.7. The summed E-state index contributed by atoms with van der Waals surface area (Å²) in [6.07, 6.45) is 28.4. The molecule has 0 aliphatic carbocycles. The molecule has 4 heteroatoms. The first kappa shape index (κ1) is 33.8. The minimum Gasteiger partial charge on any atom is -0.315 e. The van der Waals surface area contributed by atoms with Crippen LogP contribution in [0.25, 0.3) is 0 Å². The first-order chi connectivity index (χ1) is 16.9. The van der Waals surface area contributed by atoms with Crippen molar-refractivity contribution in [2.45, 2.75) is 142 Å². The lowest BCUT2D eigenvalue weighted by Crippen LogP contribution is -2.35. The van der Waals surface area contributed by atoms with Crippen LogP contribution in [0.1, 0.15) is 142 Å². The quantitative estimate of drug-likeness (QED) is 0.0790. The van der Waals surface area contributed by atoms with Crippen LogP contribution in [0.5, 0.6) is 0 Å². The van der Waals surface area contributed by atoms with E-state index in [1.807, 2.05) is 0 Å². The monoisotopic (exact) mass is 483 g/mol. The van der Waals surface area contributed by atoms with Crippen molar-refractivity contribution in [2.75, 3.05) is 52.4 Å². The molecule has 0 saturated carbocycles. The summed E-state index contributed by atoms with van der Waals surface area (Å²) in [4.78, 5) is 0. The lowest BCUT2D eigenvalue weighted by molar-refractivity contribution is 0.529. The molecule has 0 heterocycles. The molecule has 0 saturated heterocycles. The maximum absolute atomic E-state index is 3.57. The zero-order valence-electron chi connectivity index (χ0n) is 23.8. The Hall–Kier alpha value is -0.160. The third kappa shape index (κ3) is 31.8. The van der Waals surface area contributed by atoms with E-state index in [0.717, 1.165) is 39.3 Å². The van der Waals surface area contributed by atoms with Gasteiger partial charge < -0.3 is 21.3 Å². The topological polar surface area (TPSA) is 48.1 Å². The third-order valence-electron chi connectivity index (χ3n) is 6.85. The second-order valence-corrected chi connectivity index (χ2v) is 10.4. The van der Waals surface area contributed by atoms with Crippen LogP contribution in [0.2, 0.25) is 0 Å². The smallest absolute Gasteiger partial charge is 0.00772 e. The summed E-state index contributed by atoms with van der Waals surface area (Å²) in [5, 5.41) is 14.2. The molecule has 0 fully saturated rings. The van der Waals surface area contributed by atoms with Gasteiger partial charge in [0.05, 0.1) is 0 Å². The Labute approximate surface area is 216 Å². The molecule has 0 aliphatic heterocycles. The second-order valence-electron chi connectivity index (χ2n) is 10.4. The molecule has 0 amide bonds. The van der Waals surface area contributed by atoms with Gasteiger partial charge in [0.1, 0.15) is 0 Å². The van der Waals surface area contributed by atoms with E-state index in [0.29, 0.717) is 0 Å². The van der Waals surface area contributed by atoms with Gasteiger partial charge in [-0.15, -0.1) is 0 Å². The zero-order valence-corrected chi connectivity index (χ0v) is 23.8. The van der Waals surface area contributed by atoms with E-state index in [2.05, 4.69) is 35.1 Å². The van der Waals surface area contributed by atoms with Crippen LogP contribution < -0.4 is 21.3 Å². The Kier molecular flexibility index (Phi) is 32.7. The second kappa shape index (κ2) is 32.8. The van der Waals surface area contributed by atoms with E-state index in [1.165, 1.54) is 142 Å². The molecule has 0 unspecified atom stereocenters. The van der Waals surface area contributed by atoms with Crippen LogP contribution in [0.15, 0.2) is 0 Å². The highest BCUT2D eigenvalue weighted by atomic mass is 15.0. The normalized spacial score (nSPS) is 11.5. The fraction of sp³-hybridized carbons (Fsp3) is 1.00. The van der Waals surface area contributed by atoms with E-state index >= 15 is 0 Å². The molecule has 0 aliphatic rings. The predicted molar refractivity (Wildman–Crippen MR) is 155 cm³/mol. The number of rotatable bonds is 31. The number of hydrogen-bond acceptors (Lipinski definition) is 4. The summed E-state index contributed by atoms with van der Waals surface area (Å²) in [6, 6.07) is 0. The van der Waals surface area contributed by atoms with Crippen molar-refractivity contribution >= 4 is 0 Å². The largest absolute Gasteiger partial charge is 0.315 e. The van der Waals surface area contributed by atoms with Crippen LogP contribution in [-0.2, 0) is 0 Å². The summed E-state index contributed by atoms with van der Waals surface area (Å²) in [6.45, 7) is 13.4. The van der Waals surface area contributed by atoms with Crippen LogP contribution in [0, 0.1) is 0 Å². The zero-order chi connectivity index (χ0) is 24.6. The van der Waals surface area contributed by atoms with Crippen LogP contribution in [0.3, 0.4) is 0 Å². The maximum atomic E-state index is 3.57. The van der Waals surface area contributed by atoms with Gasteiger partial charge in [-0.2, -0.15) is 0 Å². The lowest BCUT2D eigenvalue weighted by atomic mass is 10.1. The SMILES string of the molecule is CCCCCCCCCCCCNCCNCCNCCNCCCCCCCCCCCC. The molecule has 0 radical (unpaired) electrons. The van der Waals surface area contributed by atoms with E-state index in [9.17, 15) is 0 Å². The van der Waals surface area contributed by atoms with E-state index in [1.54, 1.807) is 0 Å². The number of unbranched alkanes of at least 4 members (excludes halogenated alkanes) is 18. The van der Waals surface area contributed by atoms with Crippen LogP contribution in [-0.4, -0.2) is 52.4 Å². The Morgan fingerprint density at radius 1 is 0.235 bits per heavy atom. The highest BCUT2D eigenvalue weighted by Gasteiger charge is 1.95. The van der Waals surface area contributed by atoms with Crippen LogP contribution >= 0.6 is 0 Å². The minimum absolute atomic E-state index is 1.07. The van der Waals surface area contributed by atoms with Gasteiger partial charge in [-0.25, -0.2) is 0 Å². The van der Waals surface area contributed by atoms with E-state index < -0.39 is 0 Å². The van der Waals surface area contributed by atoms with Gasteiger partial charge >= 0.3 is 0 Å². The summed E-state index contributed by atoms with van der Waals surface area (Å²) in [5.41, 5.74) is 0.